The van der Waals surface area contributed by atoms with E-state index in [1.807, 2.05) is 67.7 Å². The number of nitrogens with zero attached hydrogens (tertiary/aromatic N) is 2. The number of likely N-dealkylation sites (N-methyl/N-ethyl adjacent to an activating group) is 1. The third-order valence-electron chi connectivity index (χ3n) is 7.63. The van der Waals surface area contributed by atoms with Crippen molar-refractivity contribution in [3.05, 3.63) is 135 Å². The van der Waals surface area contributed by atoms with Crippen molar-refractivity contribution in [1.29, 1.82) is 0 Å². The van der Waals surface area contributed by atoms with E-state index in [-0.39, 0.29) is 24.8 Å². The molecule has 38 heavy (non-hydrogen) atoms. The molecule has 0 aliphatic carbocycles. The molecule has 2 saturated heterocycles. The van der Waals surface area contributed by atoms with Gasteiger partial charge in [0, 0.05) is 12.3 Å². The maximum atomic E-state index is 12.5. The summed E-state index contributed by atoms with van der Waals surface area (Å²) in [5.41, 5.74) is 1.12. The summed E-state index contributed by atoms with van der Waals surface area (Å²) in [5.74, 6) is 0.763. The zero-order chi connectivity index (χ0) is 26.3. The van der Waals surface area contributed by atoms with Gasteiger partial charge in [0.2, 0.25) is 0 Å². The Morgan fingerprint density at radius 3 is 2.03 bits per heavy atom. The number of morpholine rings is 1. The largest absolute Gasteiger partial charge is 0.497 e. The molecule has 0 amide bonds. The monoisotopic (exact) mass is 511 g/mol. The van der Waals surface area contributed by atoms with Gasteiger partial charge in [0.1, 0.15) is 17.5 Å². The highest BCUT2D eigenvalue weighted by molar-refractivity contribution is 5.48. The van der Waals surface area contributed by atoms with Crippen LogP contribution in [0.25, 0.3) is 0 Å². The number of aromatic nitrogens is 2. The lowest BCUT2D eigenvalue weighted by atomic mass is 9.80. The summed E-state index contributed by atoms with van der Waals surface area (Å²) in [5, 5.41) is 0. The average molecular weight is 512 g/mol. The Hall–Kier alpha value is -3.98. The van der Waals surface area contributed by atoms with Gasteiger partial charge < -0.3 is 14.2 Å². The van der Waals surface area contributed by atoms with Crippen LogP contribution in [0.1, 0.15) is 22.9 Å². The highest BCUT2D eigenvalue weighted by Gasteiger charge is 2.62. The molecule has 4 aromatic rings. The first-order chi connectivity index (χ1) is 18.5. The maximum absolute atomic E-state index is 12.5. The standard InChI is InChI=1S/C30H29N3O5/c1-32-26-24(38-28(27(26)32)33-18-17-25(34)31-29(33)35)19-37-30(20-9-5-3-6-10-20,21-11-7-4-8-12-21)22-13-15-23(36-2)16-14-22/h3-18,24,26-28H,19H2,1-2H3,(H,31,34,35)/t24-,26-,27-,28-,32?/m1/s1. The Morgan fingerprint density at radius 2 is 1.45 bits per heavy atom. The molecule has 2 fully saturated rings. The third-order valence-corrected chi connectivity index (χ3v) is 7.63. The molecule has 1 N–H and O–H groups in total. The molecule has 3 aromatic carbocycles. The van der Waals surface area contributed by atoms with E-state index in [0.717, 1.165) is 22.4 Å². The number of nitrogens with one attached hydrogen (secondary N) is 1. The smallest absolute Gasteiger partial charge is 0.330 e. The predicted octanol–water partition coefficient (Wildman–Crippen LogP) is 3.13. The molecule has 2 aliphatic rings. The van der Waals surface area contributed by atoms with Crippen LogP contribution in [0, 0.1) is 0 Å². The lowest BCUT2D eigenvalue weighted by molar-refractivity contribution is -0.100. The number of benzene rings is 3. The van der Waals surface area contributed by atoms with Gasteiger partial charge in [-0.25, -0.2) is 4.79 Å². The predicted molar refractivity (Wildman–Crippen MR) is 142 cm³/mol. The van der Waals surface area contributed by atoms with Gasteiger partial charge in [-0.05, 0) is 35.9 Å². The van der Waals surface area contributed by atoms with Crippen molar-refractivity contribution in [3.8, 4) is 5.75 Å². The number of ether oxygens (including phenoxy) is 3. The first-order valence-electron chi connectivity index (χ1n) is 12.6. The SMILES string of the molecule is COc1ccc(C(OC[C@H]2O[C@@H](n3ccc(=O)[nH]c3=O)[C@H]3[C@@H]2N3C)(c2ccccc2)c2ccccc2)cc1. The molecule has 1 aromatic heterocycles. The van der Waals surface area contributed by atoms with Crippen LogP contribution in [0.2, 0.25) is 0 Å². The van der Waals surface area contributed by atoms with Crippen LogP contribution in [-0.2, 0) is 15.1 Å². The van der Waals surface area contributed by atoms with Crippen LogP contribution in [0.4, 0.5) is 0 Å². The zero-order valence-electron chi connectivity index (χ0n) is 21.2. The molecule has 2 aliphatic heterocycles. The fraction of sp³-hybridized carbons (Fsp3) is 0.267. The quantitative estimate of drug-likeness (QED) is 0.289. The number of H-pyrrole nitrogens is 1. The van der Waals surface area contributed by atoms with Gasteiger partial charge in [0.25, 0.3) is 5.56 Å². The number of fused-ring (bicyclic) bond motifs is 1. The summed E-state index contributed by atoms with van der Waals surface area (Å²) in [6.07, 6.45) is 0.708. The first kappa shape index (κ1) is 24.4. The molecule has 0 bridgehead atoms. The number of aromatic amines is 1. The molecule has 0 radical (unpaired) electrons. The minimum absolute atomic E-state index is 0.0241. The average Bonchev–Trinajstić information content (AvgIpc) is 3.46. The van der Waals surface area contributed by atoms with Crippen molar-refractivity contribution in [2.75, 3.05) is 20.8 Å². The highest BCUT2D eigenvalue weighted by atomic mass is 16.6. The molecule has 8 nitrogen and oxygen atoms in total. The van der Waals surface area contributed by atoms with Crippen molar-refractivity contribution in [3.63, 3.8) is 0 Å². The Bertz CT molecular complexity index is 1480. The van der Waals surface area contributed by atoms with E-state index in [9.17, 15) is 9.59 Å². The van der Waals surface area contributed by atoms with Gasteiger partial charge in [0.05, 0.1) is 25.8 Å². The van der Waals surface area contributed by atoms with E-state index in [4.69, 9.17) is 14.2 Å². The Labute approximate surface area is 220 Å². The van der Waals surface area contributed by atoms with Crippen LogP contribution in [0.5, 0.6) is 5.75 Å². The highest BCUT2D eigenvalue weighted by Crippen LogP contribution is 2.48. The van der Waals surface area contributed by atoms with Crippen molar-refractivity contribution in [2.45, 2.75) is 30.0 Å². The molecule has 3 heterocycles. The van der Waals surface area contributed by atoms with Crippen molar-refractivity contribution in [1.82, 2.24) is 14.5 Å². The number of methoxy groups -OCH3 is 1. The van der Waals surface area contributed by atoms with E-state index in [1.165, 1.54) is 16.8 Å². The van der Waals surface area contributed by atoms with E-state index in [2.05, 4.69) is 34.1 Å². The maximum Gasteiger partial charge on any atom is 0.330 e. The summed E-state index contributed by atoms with van der Waals surface area (Å²) in [6, 6.07) is 29.7. The second-order valence-electron chi connectivity index (χ2n) is 9.68. The Kier molecular flexibility index (Phi) is 6.23. The van der Waals surface area contributed by atoms with Crippen LogP contribution < -0.4 is 16.0 Å². The summed E-state index contributed by atoms with van der Waals surface area (Å²) < 4.78 is 20.3. The van der Waals surface area contributed by atoms with Gasteiger partial charge in [-0.1, -0.05) is 72.8 Å². The van der Waals surface area contributed by atoms with E-state index in [1.54, 1.807) is 7.11 Å². The van der Waals surface area contributed by atoms with Gasteiger partial charge in [-0.2, -0.15) is 0 Å². The summed E-state index contributed by atoms with van der Waals surface area (Å²) in [7, 11) is 3.66. The number of hydrogen-bond acceptors (Lipinski definition) is 6. The molecule has 0 saturated carbocycles. The summed E-state index contributed by atoms with van der Waals surface area (Å²) in [6.45, 7) is 0.288. The van der Waals surface area contributed by atoms with Gasteiger partial charge in [0.15, 0.2) is 6.23 Å². The fourth-order valence-electron chi connectivity index (χ4n) is 5.70. The Morgan fingerprint density at radius 1 is 0.842 bits per heavy atom. The lowest BCUT2D eigenvalue weighted by Gasteiger charge is -2.37. The van der Waals surface area contributed by atoms with Crippen LogP contribution in [0.15, 0.2) is 107 Å². The van der Waals surface area contributed by atoms with Gasteiger partial charge in [-0.3, -0.25) is 19.2 Å². The summed E-state index contributed by atoms with van der Waals surface area (Å²) in [4.78, 5) is 28.6. The zero-order valence-corrected chi connectivity index (χ0v) is 21.2. The van der Waals surface area contributed by atoms with Crippen molar-refractivity contribution < 1.29 is 14.2 Å². The molecule has 0 spiro atoms. The van der Waals surface area contributed by atoms with Crippen LogP contribution >= 0.6 is 0 Å². The van der Waals surface area contributed by atoms with E-state index in [0.29, 0.717) is 0 Å². The fourth-order valence-corrected chi connectivity index (χ4v) is 5.70. The minimum Gasteiger partial charge on any atom is -0.497 e. The topological polar surface area (TPSA) is 85.6 Å². The minimum atomic E-state index is -0.909. The third kappa shape index (κ3) is 4.07. The molecule has 8 heteroatoms. The molecule has 194 valence electrons. The molecule has 5 atom stereocenters. The van der Waals surface area contributed by atoms with E-state index < -0.39 is 23.1 Å². The lowest BCUT2D eigenvalue weighted by Crippen LogP contribution is -2.39. The van der Waals surface area contributed by atoms with Gasteiger partial charge in [-0.15, -0.1) is 0 Å². The second kappa shape index (κ2) is 9.72. The van der Waals surface area contributed by atoms with Gasteiger partial charge >= 0.3 is 5.69 Å². The van der Waals surface area contributed by atoms with E-state index >= 15 is 0 Å². The van der Waals surface area contributed by atoms with Crippen molar-refractivity contribution >= 4 is 0 Å². The number of rotatable bonds is 8. The molecule has 1 unspecified atom stereocenters. The molecule has 6 rings (SSSR count). The van der Waals surface area contributed by atoms with Crippen LogP contribution in [-0.4, -0.2) is 53.4 Å². The molecular formula is C30H29N3O5. The molecular weight excluding hydrogens is 482 g/mol. The summed E-state index contributed by atoms with van der Waals surface area (Å²) >= 11 is 0. The Balaban J connectivity index is 1.38. The van der Waals surface area contributed by atoms with Crippen LogP contribution in [0.3, 0.4) is 0 Å². The second-order valence-corrected chi connectivity index (χ2v) is 9.68. The number of hydrogen-bond donors (Lipinski definition) is 1. The normalized spacial score (nSPS) is 24.1. The van der Waals surface area contributed by atoms with Crippen molar-refractivity contribution in [2.24, 2.45) is 0 Å². The first-order valence-corrected chi connectivity index (χ1v) is 12.6.